The quantitative estimate of drug-likeness (QED) is 0.207. The number of para-hydroxylation sites is 1. The molecule has 7 nitrogen and oxygen atoms in total. The van der Waals surface area contributed by atoms with Crippen molar-refractivity contribution in [3.05, 3.63) is 138 Å². The third-order valence-electron chi connectivity index (χ3n) is 6.54. The minimum Gasteiger partial charge on any atom is -0.485 e. The molecule has 0 unspecified atom stereocenters. The van der Waals surface area contributed by atoms with Crippen LogP contribution in [0, 0.1) is 0 Å². The van der Waals surface area contributed by atoms with Crippen molar-refractivity contribution in [1.82, 2.24) is 10.3 Å². The highest BCUT2D eigenvalue weighted by atomic mass is 16.5. The van der Waals surface area contributed by atoms with Crippen molar-refractivity contribution in [2.75, 3.05) is 7.11 Å². The highest BCUT2D eigenvalue weighted by Gasteiger charge is 2.24. The molecule has 0 saturated carbocycles. The van der Waals surface area contributed by atoms with E-state index < -0.39 is 17.9 Å². The van der Waals surface area contributed by atoms with Crippen LogP contribution < -0.4 is 14.8 Å². The second kappa shape index (κ2) is 13.3. The smallest absolute Gasteiger partial charge is 0.328 e. The summed E-state index contributed by atoms with van der Waals surface area (Å²) in [5.74, 6) is 0.0887. The van der Waals surface area contributed by atoms with Gasteiger partial charge >= 0.3 is 5.97 Å². The van der Waals surface area contributed by atoms with Crippen molar-refractivity contribution < 1.29 is 23.8 Å². The standard InChI is InChI=1S/C34H30N2O5/c1-39-34(38)30(36-33(37)29-18-17-27-14-8-9-15-28(27)35-29)20-26-16-19-31(40-22-24-10-4-2-5-11-24)32(21-26)41-23-25-12-6-3-7-13-25/h2-19,21,30H,20,22-23H2,1H3,(H,36,37)/t30-/m1/s1. The Labute approximate surface area is 238 Å². The highest BCUT2D eigenvalue weighted by Crippen LogP contribution is 2.31. The first-order chi connectivity index (χ1) is 20.1. The monoisotopic (exact) mass is 546 g/mol. The Kier molecular flexibility index (Phi) is 8.86. The number of nitrogens with one attached hydrogen (secondary N) is 1. The number of aromatic nitrogens is 1. The summed E-state index contributed by atoms with van der Waals surface area (Å²) in [6.45, 7) is 0.721. The van der Waals surface area contributed by atoms with Gasteiger partial charge in [0.2, 0.25) is 0 Å². The normalized spacial score (nSPS) is 11.4. The summed E-state index contributed by atoms with van der Waals surface area (Å²) >= 11 is 0. The summed E-state index contributed by atoms with van der Waals surface area (Å²) in [5, 5.41) is 3.71. The molecule has 0 aliphatic rings. The van der Waals surface area contributed by atoms with Gasteiger partial charge in [0.15, 0.2) is 11.5 Å². The summed E-state index contributed by atoms with van der Waals surface area (Å²) in [7, 11) is 1.30. The minimum absolute atomic E-state index is 0.187. The van der Waals surface area contributed by atoms with E-state index in [9.17, 15) is 9.59 Å². The molecule has 0 aliphatic carbocycles. The van der Waals surface area contributed by atoms with Gasteiger partial charge in [0.25, 0.3) is 5.91 Å². The van der Waals surface area contributed by atoms with Crippen molar-refractivity contribution in [1.29, 1.82) is 0 Å². The third-order valence-corrected chi connectivity index (χ3v) is 6.54. The predicted octanol–water partition coefficient (Wildman–Crippen LogP) is 5.91. The van der Waals surface area contributed by atoms with Crippen molar-refractivity contribution >= 4 is 22.8 Å². The number of nitrogens with zero attached hydrogens (tertiary/aromatic N) is 1. The van der Waals surface area contributed by atoms with Crippen LogP contribution in [0.25, 0.3) is 10.9 Å². The molecule has 7 heteroatoms. The van der Waals surface area contributed by atoms with Gasteiger partial charge in [-0.15, -0.1) is 0 Å². The number of ether oxygens (including phenoxy) is 3. The van der Waals surface area contributed by atoms with E-state index in [-0.39, 0.29) is 12.1 Å². The van der Waals surface area contributed by atoms with E-state index in [0.29, 0.717) is 30.2 Å². The SMILES string of the molecule is COC(=O)[C@@H](Cc1ccc(OCc2ccccc2)c(OCc2ccccc2)c1)NC(=O)c1ccc2ccccc2n1. The Bertz CT molecular complexity index is 1620. The zero-order valence-corrected chi connectivity index (χ0v) is 22.7. The van der Waals surface area contributed by atoms with Crippen LogP contribution >= 0.6 is 0 Å². The molecule has 1 N–H and O–H groups in total. The molecule has 4 aromatic carbocycles. The number of hydrogen-bond acceptors (Lipinski definition) is 6. The number of fused-ring (bicyclic) bond motifs is 1. The fraction of sp³-hybridized carbons (Fsp3) is 0.147. The molecule has 0 saturated heterocycles. The predicted molar refractivity (Wildman–Crippen MR) is 157 cm³/mol. The van der Waals surface area contributed by atoms with Crippen molar-refractivity contribution in [2.24, 2.45) is 0 Å². The van der Waals surface area contributed by atoms with E-state index in [2.05, 4.69) is 10.3 Å². The first-order valence-corrected chi connectivity index (χ1v) is 13.3. The van der Waals surface area contributed by atoms with Crippen molar-refractivity contribution in [2.45, 2.75) is 25.7 Å². The van der Waals surface area contributed by atoms with Crippen LogP contribution in [-0.2, 0) is 29.2 Å². The van der Waals surface area contributed by atoms with Gasteiger partial charge < -0.3 is 19.5 Å². The first-order valence-electron chi connectivity index (χ1n) is 13.3. The molecule has 5 rings (SSSR count). The van der Waals surface area contributed by atoms with Gasteiger partial charge in [-0.1, -0.05) is 91.0 Å². The third kappa shape index (κ3) is 7.28. The summed E-state index contributed by atoms with van der Waals surface area (Å²) < 4.78 is 17.3. The van der Waals surface area contributed by atoms with Gasteiger partial charge in [0, 0.05) is 11.8 Å². The summed E-state index contributed by atoms with van der Waals surface area (Å²) in [5.41, 5.74) is 3.72. The summed E-state index contributed by atoms with van der Waals surface area (Å²) in [4.78, 5) is 30.2. The van der Waals surface area contributed by atoms with Crippen molar-refractivity contribution in [3.63, 3.8) is 0 Å². The molecular formula is C34H30N2O5. The molecule has 0 radical (unpaired) electrons. The van der Waals surface area contributed by atoms with Gasteiger partial charge in [0.1, 0.15) is 24.9 Å². The number of carbonyl (C=O) groups is 2. The topological polar surface area (TPSA) is 86.8 Å². The molecule has 1 amide bonds. The van der Waals surface area contributed by atoms with Gasteiger partial charge in [-0.05, 0) is 41.0 Å². The molecule has 1 atom stereocenters. The van der Waals surface area contributed by atoms with E-state index in [1.54, 1.807) is 6.07 Å². The molecular weight excluding hydrogens is 516 g/mol. The molecule has 1 heterocycles. The number of esters is 1. The van der Waals surface area contributed by atoms with Crippen LogP contribution in [0.3, 0.4) is 0 Å². The van der Waals surface area contributed by atoms with Crippen LogP contribution in [-0.4, -0.2) is 30.0 Å². The van der Waals surface area contributed by atoms with Crippen LogP contribution in [0.1, 0.15) is 27.2 Å². The van der Waals surface area contributed by atoms with Gasteiger partial charge in [0.05, 0.1) is 12.6 Å². The van der Waals surface area contributed by atoms with E-state index in [1.165, 1.54) is 7.11 Å². The van der Waals surface area contributed by atoms with Crippen molar-refractivity contribution in [3.8, 4) is 11.5 Å². The fourth-order valence-corrected chi connectivity index (χ4v) is 4.38. The maximum absolute atomic E-state index is 13.1. The van der Waals surface area contributed by atoms with E-state index in [4.69, 9.17) is 14.2 Å². The number of amides is 1. The van der Waals surface area contributed by atoms with Crippen LogP contribution in [0.15, 0.2) is 115 Å². The number of hydrogen-bond donors (Lipinski definition) is 1. The van der Waals surface area contributed by atoms with E-state index in [1.807, 2.05) is 109 Å². The molecule has 206 valence electrons. The largest absolute Gasteiger partial charge is 0.485 e. The van der Waals surface area contributed by atoms with Crippen LogP contribution in [0.5, 0.6) is 11.5 Å². The molecule has 0 fully saturated rings. The Balaban J connectivity index is 1.35. The molecule has 5 aromatic rings. The maximum atomic E-state index is 13.1. The molecule has 41 heavy (non-hydrogen) atoms. The number of benzene rings is 4. The average Bonchev–Trinajstić information content (AvgIpc) is 3.03. The first kappa shape index (κ1) is 27.4. The lowest BCUT2D eigenvalue weighted by molar-refractivity contribution is -0.142. The van der Waals surface area contributed by atoms with Crippen LogP contribution in [0.2, 0.25) is 0 Å². The van der Waals surface area contributed by atoms with Gasteiger partial charge in [-0.25, -0.2) is 9.78 Å². The maximum Gasteiger partial charge on any atom is 0.328 e. The lowest BCUT2D eigenvalue weighted by Gasteiger charge is -2.18. The van der Waals surface area contributed by atoms with E-state index >= 15 is 0 Å². The van der Waals surface area contributed by atoms with E-state index in [0.717, 1.165) is 22.1 Å². The highest BCUT2D eigenvalue weighted by molar-refractivity contribution is 5.97. The Morgan fingerprint density at radius 1 is 0.707 bits per heavy atom. The zero-order chi connectivity index (χ0) is 28.4. The average molecular weight is 547 g/mol. The molecule has 1 aromatic heterocycles. The number of methoxy groups -OCH3 is 1. The van der Waals surface area contributed by atoms with Gasteiger partial charge in [-0.2, -0.15) is 0 Å². The number of pyridine rings is 1. The minimum atomic E-state index is -0.932. The molecule has 0 aliphatic heterocycles. The Morgan fingerprint density at radius 2 is 1.34 bits per heavy atom. The summed E-state index contributed by atoms with van der Waals surface area (Å²) in [6, 6.07) is 35.3. The Morgan fingerprint density at radius 3 is 2.02 bits per heavy atom. The second-order valence-electron chi connectivity index (χ2n) is 9.47. The molecule has 0 bridgehead atoms. The lowest BCUT2D eigenvalue weighted by atomic mass is 10.0. The molecule has 0 spiro atoms. The second-order valence-corrected chi connectivity index (χ2v) is 9.47. The van der Waals surface area contributed by atoms with Gasteiger partial charge in [-0.3, -0.25) is 4.79 Å². The lowest BCUT2D eigenvalue weighted by Crippen LogP contribution is -2.43. The number of rotatable bonds is 11. The number of carbonyl (C=O) groups excluding carboxylic acids is 2. The fourth-order valence-electron chi connectivity index (χ4n) is 4.38. The van der Waals surface area contributed by atoms with Crippen LogP contribution in [0.4, 0.5) is 0 Å². The summed E-state index contributed by atoms with van der Waals surface area (Å²) in [6.07, 6.45) is 0.187. The zero-order valence-electron chi connectivity index (χ0n) is 22.7. The Hall–Kier alpha value is -5.17.